The van der Waals surface area contributed by atoms with Crippen LogP contribution in [0.25, 0.3) is 10.8 Å². The third kappa shape index (κ3) is 3.89. The van der Waals surface area contributed by atoms with Gasteiger partial charge in [0.15, 0.2) is 0 Å². The van der Waals surface area contributed by atoms with Gasteiger partial charge in [0.05, 0.1) is 17.0 Å². The smallest absolute Gasteiger partial charge is 0.236 e. The van der Waals surface area contributed by atoms with E-state index >= 15 is 0 Å². The zero-order chi connectivity index (χ0) is 17.1. The highest BCUT2D eigenvalue weighted by Gasteiger charge is 2.29. The fraction of sp³-hybridized carbons (Fsp3) is 0.579. The number of amides is 1. The van der Waals surface area contributed by atoms with Crippen molar-refractivity contribution in [2.75, 3.05) is 6.54 Å². The zero-order valence-electron chi connectivity index (χ0n) is 14.7. The molecule has 0 saturated carbocycles. The summed E-state index contributed by atoms with van der Waals surface area (Å²) < 4.78 is 5.54. The molecule has 4 nitrogen and oxygen atoms in total. The van der Waals surface area contributed by atoms with E-state index in [-0.39, 0.29) is 5.91 Å². The number of nitrogens with zero attached hydrogens (tertiary/aromatic N) is 2. The third-order valence-electron chi connectivity index (χ3n) is 4.92. The van der Waals surface area contributed by atoms with Crippen LogP contribution in [0.5, 0.6) is 0 Å². The van der Waals surface area contributed by atoms with Gasteiger partial charge in [0.2, 0.25) is 11.8 Å². The molecule has 1 aliphatic heterocycles. The van der Waals surface area contributed by atoms with Crippen LogP contribution in [0.3, 0.4) is 0 Å². The maximum absolute atomic E-state index is 12.9. The second-order valence-electron chi connectivity index (χ2n) is 7.17. The van der Waals surface area contributed by atoms with Crippen molar-refractivity contribution in [2.24, 2.45) is 11.8 Å². The van der Waals surface area contributed by atoms with Crippen LogP contribution in [0, 0.1) is 11.8 Å². The Morgan fingerprint density at radius 3 is 2.96 bits per heavy atom. The van der Waals surface area contributed by atoms with Crippen molar-refractivity contribution < 1.29 is 9.21 Å². The Kier molecular flexibility index (Phi) is 5.39. The van der Waals surface area contributed by atoms with Crippen molar-refractivity contribution in [1.29, 1.82) is 0 Å². The molecule has 3 heterocycles. The van der Waals surface area contributed by atoms with E-state index in [2.05, 4.69) is 30.7 Å². The molecule has 2 atom stereocenters. The Hall–Kier alpha value is -1.62. The minimum atomic E-state index is 0.175. The molecule has 1 saturated heterocycles. The Morgan fingerprint density at radius 2 is 2.25 bits per heavy atom. The van der Waals surface area contributed by atoms with E-state index in [9.17, 15) is 4.79 Å². The molecular weight excluding hydrogens is 320 g/mol. The predicted octanol–water partition coefficient (Wildman–Crippen LogP) is 4.62. The molecule has 0 radical (unpaired) electrons. The molecule has 130 valence electrons. The summed E-state index contributed by atoms with van der Waals surface area (Å²) in [4.78, 5) is 20.5. The molecule has 2 aromatic heterocycles. The summed E-state index contributed by atoms with van der Waals surface area (Å²) in [6, 6.07) is 4.29. The van der Waals surface area contributed by atoms with E-state index in [4.69, 9.17) is 4.42 Å². The van der Waals surface area contributed by atoms with E-state index in [0.29, 0.717) is 30.2 Å². The Bertz CT molecular complexity index is 663. The molecular formula is C19H26N2O2S. The van der Waals surface area contributed by atoms with Gasteiger partial charge in [-0.3, -0.25) is 4.79 Å². The molecule has 1 fully saturated rings. The number of thiophene rings is 1. The van der Waals surface area contributed by atoms with Crippen molar-refractivity contribution in [3.05, 3.63) is 29.5 Å². The van der Waals surface area contributed by atoms with E-state index < -0.39 is 0 Å². The van der Waals surface area contributed by atoms with Crippen LogP contribution < -0.4 is 0 Å². The lowest BCUT2D eigenvalue weighted by Crippen LogP contribution is -2.43. The molecule has 0 aromatic carbocycles. The molecule has 24 heavy (non-hydrogen) atoms. The summed E-state index contributed by atoms with van der Waals surface area (Å²) in [5, 5.41) is 2.00. The van der Waals surface area contributed by atoms with Crippen molar-refractivity contribution in [1.82, 2.24) is 9.88 Å². The minimum absolute atomic E-state index is 0.175. The number of oxazole rings is 1. The van der Waals surface area contributed by atoms with Crippen LogP contribution in [-0.2, 0) is 11.2 Å². The SMILES string of the molecule is CC1CCC(C(C)C)N(C(=O)Cc2coc(-c3cccs3)n2)CC1. The van der Waals surface area contributed by atoms with Gasteiger partial charge in [-0.2, -0.15) is 0 Å². The number of carbonyl (C=O) groups excluding carboxylic acids is 1. The summed E-state index contributed by atoms with van der Waals surface area (Å²) in [7, 11) is 0. The van der Waals surface area contributed by atoms with Gasteiger partial charge in [0.1, 0.15) is 6.26 Å². The van der Waals surface area contributed by atoms with E-state index in [1.165, 1.54) is 6.42 Å². The molecule has 2 aromatic rings. The topological polar surface area (TPSA) is 46.3 Å². The summed E-state index contributed by atoms with van der Waals surface area (Å²) in [6.45, 7) is 7.58. The highest BCUT2D eigenvalue weighted by Crippen LogP contribution is 2.27. The molecule has 0 aliphatic carbocycles. The Morgan fingerprint density at radius 1 is 1.42 bits per heavy atom. The normalized spacial score (nSPS) is 21.9. The van der Waals surface area contributed by atoms with E-state index in [0.717, 1.165) is 30.0 Å². The van der Waals surface area contributed by atoms with Crippen molar-refractivity contribution in [3.8, 4) is 10.8 Å². The van der Waals surface area contributed by atoms with Gasteiger partial charge in [-0.05, 0) is 42.5 Å². The fourth-order valence-corrected chi connectivity index (χ4v) is 4.10. The summed E-state index contributed by atoms with van der Waals surface area (Å²) in [5.41, 5.74) is 0.725. The number of rotatable bonds is 4. The quantitative estimate of drug-likeness (QED) is 0.811. The van der Waals surface area contributed by atoms with Gasteiger partial charge < -0.3 is 9.32 Å². The zero-order valence-corrected chi connectivity index (χ0v) is 15.5. The van der Waals surface area contributed by atoms with Gasteiger partial charge in [-0.15, -0.1) is 11.3 Å². The average Bonchev–Trinajstić information content (AvgIpc) is 3.17. The minimum Gasteiger partial charge on any atom is -0.444 e. The highest BCUT2D eigenvalue weighted by atomic mass is 32.1. The Labute approximate surface area is 147 Å². The molecule has 1 amide bonds. The van der Waals surface area contributed by atoms with Gasteiger partial charge in [0.25, 0.3) is 0 Å². The second kappa shape index (κ2) is 7.51. The van der Waals surface area contributed by atoms with Gasteiger partial charge in [-0.1, -0.05) is 26.8 Å². The lowest BCUT2D eigenvalue weighted by Gasteiger charge is -2.32. The van der Waals surface area contributed by atoms with Gasteiger partial charge in [-0.25, -0.2) is 4.98 Å². The maximum Gasteiger partial charge on any atom is 0.236 e. The molecule has 3 rings (SSSR count). The number of aromatic nitrogens is 1. The monoisotopic (exact) mass is 346 g/mol. The first kappa shape index (κ1) is 17.2. The van der Waals surface area contributed by atoms with Gasteiger partial charge in [0, 0.05) is 12.6 Å². The second-order valence-corrected chi connectivity index (χ2v) is 8.12. The number of carbonyl (C=O) groups is 1. The predicted molar refractivity (Wildman–Crippen MR) is 96.9 cm³/mol. The van der Waals surface area contributed by atoms with Crippen molar-refractivity contribution >= 4 is 17.2 Å². The molecule has 0 bridgehead atoms. The standard InChI is InChI=1S/C19H26N2O2S/c1-13(2)16-7-6-14(3)8-9-21(16)18(22)11-15-12-23-19(20-15)17-5-4-10-24-17/h4-5,10,12-14,16H,6-9,11H2,1-3H3. The molecule has 0 spiro atoms. The van der Waals surface area contributed by atoms with Crippen molar-refractivity contribution in [3.63, 3.8) is 0 Å². The summed E-state index contributed by atoms with van der Waals surface area (Å²) >= 11 is 1.59. The Balaban J connectivity index is 1.70. The molecule has 2 unspecified atom stereocenters. The summed E-state index contributed by atoms with van der Waals surface area (Å²) in [5.74, 6) is 1.96. The number of hydrogen-bond acceptors (Lipinski definition) is 4. The lowest BCUT2D eigenvalue weighted by molar-refractivity contribution is -0.133. The lowest BCUT2D eigenvalue weighted by atomic mass is 9.95. The molecule has 0 N–H and O–H groups in total. The first-order valence-electron chi connectivity index (χ1n) is 8.82. The average molecular weight is 346 g/mol. The van der Waals surface area contributed by atoms with E-state index in [1.54, 1.807) is 17.6 Å². The molecule has 5 heteroatoms. The largest absolute Gasteiger partial charge is 0.444 e. The van der Waals surface area contributed by atoms with Crippen LogP contribution in [0.4, 0.5) is 0 Å². The fourth-order valence-electron chi connectivity index (χ4n) is 3.44. The van der Waals surface area contributed by atoms with E-state index in [1.807, 2.05) is 17.5 Å². The van der Waals surface area contributed by atoms with Crippen LogP contribution in [0.2, 0.25) is 0 Å². The highest BCUT2D eigenvalue weighted by molar-refractivity contribution is 7.13. The first-order valence-corrected chi connectivity index (χ1v) is 9.70. The number of likely N-dealkylation sites (tertiary alicyclic amines) is 1. The van der Waals surface area contributed by atoms with Crippen molar-refractivity contribution in [2.45, 2.75) is 52.5 Å². The first-order chi connectivity index (χ1) is 11.5. The van der Waals surface area contributed by atoms with Crippen LogP contribution >= 0.6 is 11.3 Å². The third-order valence-corrected chi connectivity index (χ3v) is 5.78. The summed E-state index contributed by atoms with van der Waals surface area (Å²) in [6.07, 6.45) is 5.35. The number of hydrogen-bond donors (Lipinski definition) is 0. The van der Waals surface area contributed by atoms with Crippen LogP contribution in [0.15, 0.2) is 28.2 Å². The van der Waals surface area contributed by atoms with Gasteiger partial charge >= 0.3 is 0 Å². The van der Waals surface area contributed by atoms with Crippen LogP contribution in [-0.4, -0.2) is 28.4 Å². The molecule has 1 aliphatic rings. The maximum atomic E-state index is 12.9. The van der Waals surface area contributed by atoms with Crippen LogP contribution in [0.1, 0.15) is 45.7 Å².